The van der Waals surface area contributed by atoms with Gasteiger partial charge in [-0.2, -0.15) is 0 Å². The lowest BCUT2D eigenvalue weighted by molar-refractivity contribution is -0.135. The van der Waals surface area contributed by atoms with E-state index >= 15 is 0 Å². The fraction of sp³-hybridized carbons (Fsp3) is 0.450. The normalized spacial score (nSPS) is 17.5. The number of nitrogens with zero attached hydrogens (tertiary/aromatic N) is 3. The highest BCUT2D eigenvalue weighted by Gasteiger charge is 2.25. The monoisotopic (exact) mass is 403 g/mol. The number of ether oxygens (including phenoxy) is 1. The van der Waals surface area contributed by atoms with Gasteiger partial charge in [-0.25, -0.2) is 9.37 Å². The van der Waals surface area contributed by atoms with E-state index in [0.29, 0.717) is 26.1 Å². The van der Waals surface area contributed by atoms with Crippen molar-refractivity contribution in [1.29, 1.82) is 0 Å². The zero-order valence-corrected chi connectivity index (χ0v) is 16.3. The molecule has 2 heterocycles. The predicted octanol–water partition coefficient (Wildman–Crippen LogP) is 2.52. The highest BCUT2D eigenvalue weighted by atomic mass is 32.1. The van der Waals surface area contributed by atoms with Gasteiger partial charge in [0, 0.05) is 32.6 Å². The fourth-order valence-electron chi connectivity index (χ4n) is 3.52. The summed E-state index contributed by atoms with van der Waals surface area (Å²) in [5.41, 5.74) is 0.954. The molecule has 2 aromatic rings. The molecule has 148 valence electrons. The summed E-state index contributed by atoms with van der Waals surface area (Å²) in [5.74, 6) is -0.296. The standard InChI is InChI=1S/C20H22FN3O3S/c21-14-4-1-2-7-17(14)27-13-19(26)24-10-8-23(9-11-24)12-18-22-15-5-3-6-16(25)20(15)28-18/h1-2,4,7H,3,5-6,8-13H2. The molecule has 1 amide bonds. The summed E-state index contributed by atoms with van der Waals surface area (Å²) in [4.78, 5) is 33.8. The van der Waals surface area contributed by atoms with E-state index in [-0.39, 0.29) is 24.0 Å². The van der Waals surface area contributed by atoms with E-state index in [1.165, 1.54) is 23.5 Å². The number of aryl methyl sites for hydroxylation is 1. The Morgan fingerprint density at radius 3 is 2.71 bits per heavy atom. The number of fused-ring (bicyclic) bond motifs is 1. The molecule has 0 bridgehead atoms. The van der Waals surface area contributed by atoms with E-state index in [1.54, 1.807) is 17.0 Å². The molecule has 1 aromatic heterocycles. The summed E-state index contributed by atoms with van der Waals surface area (Å²) >= 11 is 1.51. The van der Waals surface area contributed by atoms with Crippen LogP contribution < -0.4 is 4.74 Å². The van der Waals surface area contributed by atoms with Gasteiger partial charge < -0.3 is 9.64 Å². The fourth-order valence-corrected chi connectivity index (χ4v) is 4.64. The van der Waals surface area contributed by atoms with E-state index in [4.69, 9.17) is 4.74 Å². The number of ketones is 1. The second kappa shape index (κ2) is 8.36. The van der Waals surface area contributed by atoms with Crippen molar-refractivity contribution in [2.75, 3.05) is 32.8 Å². The van der Waals surface area contributed by atoms with Gasteiger partial charge in [0.2, 0.25) is 0 Å². The molecule has 0 spiro atoms. The minimum absolute atomic E-state index is 0.0942. The number of Topliss-reactive ketones (excluding diaryl/α,β-unsaturated/α-hetero) is 1. The smallest absolute Gasteiger partial charge is 0.260 e. The SMILES string of the molecule is O=C1CCCc2nc(CN3CCN(C(=O)COc4ccccc4F)CC3)sc21. The lowest BCUT2D eigenvalue weighted by Gasteiger charge is -2.34. The second-order valence-electron chi connectivity index (χ2n) is 7.04. The van der Waals surface area contributed by atoms with Gasteiger partial charge in [-0.15, -0.1) is 11.3 Å². The highest BCUT2D eigenvalue weighted by Crippen LogP contribution is 2.27. The Hall–Kier alpha value is -2.32. The van der Waals surface area contributed by atoms with Crippen molar-refractivity contribution in [2.24, 2.45) is 0 Å². The highest BCUT2D eigenvalue weighted by molar-refractivity contribution is 7.13. The van der Waals surface area contributed by atoms with Gasteiger partial charge >= 0.3 is 0 Å². The Bertz CT molecular complexity index is 877. The first kappa shape index (κ1) is 19.0. The molecule has 1 saturated heterocycles. The molecule has 0 radical (unpaired) electrons. The van der Waals surface area contributed by atoms with Gasteiger partial charge in [-0.1, -0.05) is 12.1 Å². The number of halogens is 1. The maximum atomic E-state index is 13.6. The van der Waals surface area contributed by atoms with E-state index in [2.05, 4.69) is 9.88 Å². The number of carbonyl (C=O) groups is 2. The third kappa shape index (κ3) is 4.23. The van der Waals surface area contributed by atoms with Crippen LogP contribution in [0.15, 0.2) is 24.3 Å². The Morgan fingerprint density at radius 1 is 1.18 bits per heavy atom. The maximum Gasteiger partial charge on any atom is 0.260 e. The van der Waals surface area contributed by atoms with Gasteiger partial charge in [-0.05, 0) is 25.0 Å². The van der Waals surface area contributed by atoms with E-state index in [1.807, 2.05) is 0 Å². The Morgan fingerprint density at radius 2 is 1.96 bits per heavy atom. The van der Waals surface area contributed by atoms with Crippen molar-refractivity contribution in [3.8, 4) is 5.75 Å². The van der Waals surface area contributed by atoms with Crippen LogP contribution in [0.1, 0.15) is 33.2 Å². The van der Waals surface area contributed by atoms with Crippen molar-refractivity contribution in [1.82, 2.24) is 14.8 Å². The van der Waals surface area contributed by atoms with Gasteiger partial charge in [0.25, 0.3) is 5.91 Å². The first-order valence-electron chi connectivity index (χ1n) is 9.49. The van der Waals surface area contributed by atoms with E-state index < -0.39 is 5.82 Å². The number of carbonyl (C=O) groups excluding carboxylic acids is 2. The van der Waals surface area contributed by atoms with Gasteiger partial charge in [-0.3, -0.25) is 14.5 Å². The van der Waals surface area contributed by atoms with Crippen LogP contribution in [-0.4, -0.2) is 59.3 Å². The summed E-state index contributed by atoms with van der Waals surface area (Å²) in [5, 5.41) is 0.975. The third-order valence-corrected chi connectivity index (χ3v) is 6.21. The number of hydrogen-bond donors (Lipinski definition) is 0. The number of para-hydroxylation sites is 1. The van der Waals surface area contributed by atoms with Crippen LogP contribution in [0, 0.1) is 5.82 Å². The number of aromatic nitrogens is 1. The summed E-state index contributed by atoms with van der Waals surface area (Å²) in [6.45, 7) is 3.22. The van der Waals surface area contributed by atoms with Gasteiger partial charge in [0.05, 0.1) is 17.1 Å². The lowest BCUT2D eigenvalue weighted by Crippen LogP contribution is -2.49. The van der Waals surface area contributed by atoms with Gasteiger partial charge in [0.15, 0.2) is 24.0 Å². The minimum atomic E-state index is -0.468. The molecule has 1 aliphatic heterocycles. The van der Waals surface area contributed by atoms with Crippen molar-refractivity contribution < 1.29 is 18.7 Å². The molecule has 2 aliphatic rings. The first-order chi connectivity index (χ1) is 13.6. The topological polar surface area (TPSA) is 62.7 Å². The van der Waals surface area contributed by atoms with Crippen molar-refractivity contribution in [3.05, 3.63) is 45.7 Å². The molecule has 8 heteroatoms. The molecule has 28 heavy (non-hydrogen) atoms. The number of benzene rings is 1. The Labute approximate surface area is 166 Å². The summed E-state index contributed by atoms with van der Waals surface area (Å²) in [7, 11) is 0. The number of amides is 1. The first-order valence-corrected chi connectivity index (χ1v) is 10.3. The molecular formula is C20H22FN3O3S. The van der Waals surface area contributed by atoms with Crippen molar-refractivity contribution >= 4 is 23.0 Å². The van der Waals surface area contributed by atoms with Crippen LogP contribution in [-0.2, 0) is 17.8 Å². The molecule has 0 unspecified atom stereocenters. The maximum absolute atomic E-state index is 13.6. The molecule has 1 fully saturated rings. The molecule has 0 N–H and O–H groups in total. The minimum Gasteiger partial charge on any atom is -0.481 e. The lowest BCUT2D eigenvalue weighted by atomic mass is 10.0. The molecule has 4 rings (SSSR count). The van der Waals surface area contributed by atoms with Crippen molar-refractivity contribution in [2.45, 2.75) is 25.8 Å². The average molecular weight is 403 g/mol. The van der Waals surface area contributed by atoms with E-state index in [9.17, 15) is 14.0 Å². The Kier molecular flexibility index (Phi) is 5.68. The second-order valence-corrected chi connectivity index (χ2v) is 8.12. The number of piperazine rings is 1. The summed E-state index contributed by atoms with van der Waals surface area (Å²) < 4.78 is 18.9. The average Bonchev–Trinajstić information content (AvgIpc) is 3.12. The number of hydrogen-bond acceptors (Lipinski definition) is 6. The third-order valence-electron chi connectivity index (χ3n) is 5.08. The van der Waals surface area contributed by atoms with Crippen LogP contribution >= 0.6 is 11.3 Å². The number of rotatable bonds is 5. The molecule has 0 saturated carbocycles. The molecule has 1 aliphatic carbocycles. The number of thiazole rings is 1. The molecule has 0 atom stereocenters. The van der Waals surface area contributed by atoms with Crippen LogP contribution in [0.5, 0.6) is 5.75 Å². The van der Waals surface area contributed by atoms with Crippen LogP contribution in [0.25, 0.3) is 0 Å². The summed E-state index contributed by atoms with van der Waals surface area (Å²) in [6.07, 6.45) is 2.41. The van der Waals surface area contributed by atoms with Crippen LogP contribution in [0.4, 0.5) is 4.39 Å². The molecule has 1 aromatic carbocycles. The zero-order chi connectivity index (χ0) is 19.5. The van der Waals surface area contributed by atoms with Crippen molar-refractivity contribution in [3.63, 3.8) is 0 Å². The summed E-state index contributed by atoms with van der Waals surface area (Å²) in [6, 6.07) is 6.07. The molecular weight excluding hydrogens is 381 g/mol. The zero-order valence-electron chi connectivity index (χ0n) is 15.5. The van der Waals surface area contributed by atoms with Crippen LogP contribution in [0.2, 0.25) is 0 Å². The van der Waals surface area contributed by atoms with Gasteiger partial charge in [0.1, 0.15) is 5.01 Å². The largest absolute Gasteiger partial charge is 0.481 e. The quantitative estimate of drug-likeness (QED) is 0.768. The predicted molar refractivity (Wildman–Crippen MR) is 103 cm³/mol. The van der Waals surface area contributed by atoms with Crippen LogP contribution in [0.3, 0.4) is 0 Å². The Balaban J connectivity index is 1.26. The van der Waals surface area contributed by atoms with E-state index in [0.717, 1.165) is 41.5 Å². The molecule has 6 nitrogen and oxygen atoms in total.